The SMILES string of the molecule is CCNC(=NCCCCCN1CCCCC1)NC1CCN(c2ccccn2)CC1. The molecule has 2 aliphatic heterocycles. The van der Waals surface area contributed by atoms with Gasteiger partial charge in [-0.15, -0.1) is 0 Å². The Labute approximate surface area is 177 Å². The molecule has 1 aromatic rings. The maximum atomic E-state index is 4.82. The van der Waals surface area contributed by atoms with Gasteiger partial charge in [-0.05, 0) is 77.2 Å². The smallest absolute Gasteiger partial charge is 0.191 e. The summed E-state index contributed by atoms with van der Waals surface area (Å²) in [6, 6.07) is 6.64. The van der Waals surface area contributed by atoms with Crippen LogP contribution in [0.15, 0.2) is 29.4 Å². The molecule has 0 bridgehead atoms. The minimum atomic E-state index is 0.492. The second-order valence-electron chi connectivity index (χ2n) is 8.32. The summed E-state index contributed by atoms with van der Waals surface area (Å²) < 4.78 is 0. The lowest BCUT2D eigenvalue weighted by Gasteiger charge is -2.33. The van der Waals surface area contributed by atoms with E-state index >= 15 is 0 Å². The highest BCUT2D eigenvalue weighted by molar-refractivity contribution is 5.80. The number of hydrogen-bond donors (Lipinski definition) is 2. The highest BCUT2D eigenvalue weighted by Crippen LogP contribution is 2.17. The van der Waals surface area contributed by atoms with E-state index in [0.717, 1.165) is 50.8 Å². The number of likely N-dealkylation sites (tertiary alicyclic amines) is 1. The number of rotatable bonds is 9. The van der Waals surface area contributed by atoms with E-state index < -0.39 is 0 Å². The van der Waals surface area contributed by atoms with Gasteiger partial charge in [0.05, 0.1) is 0 Å². The van der Waals surface area contributed by atoms with E-state index in [4.69, 9.17) is 4.99 Å². The molecule has 0 aliphatic carbocycles. The average molecular weight is 401 g/mol. The normalized spacial score (nSPS) is 19.3. The fourth-order valence-electron chi connectivity index (χ4n) is 4.30. The van der Waals surface area contributed by atoms with Gasteiger partial charge in [0.15, 0.2) is 5.96 Å². The monoisotopic (exact) mass is 400 g/mol. The molecule has 1 aromatic heterocycles. The van der Waals surface area contributed by atoms with Gasteiger partial charge in [0.2, 0.25) is 0 Å². The Hall–Kier alpha value is -1.82. The van der Waals surface area contributed by atoms with Crippen LogP contribution in [-0.2, 0) is 0 Å². The molecule has 6 nitrogen and oxygen atoms in total. The van der Waals surface area contributed by atoms with Crippen LogP contribution in [0.2, 0.25) is 0 Å². The van der Waals surface area contributed by atoms with Gasteiger partial charge >= 0.3 is 0 Å². The molecule has 162 valence electrons. The molecular formula is C23H40N6. The third kappa shape index (κ3) is 7.84. The number of hydrogen-bond acceptors (Lipinski definition) is 4. The first-order chi connectivity index (χ1) is 14.3. The van der Waals surface area contributed by atoms with Crippen LogP contribution in [0.3, 0.4) is 0 Å². The predicted molar refractivity (Wildman–Crippen MR) is 123 cm³/mol. The number of nitrogens with one attached hydrogen (secondary N) is 2. The summed E-state index contributed by atoms with van der Waals surface area (Å²) in [6.45, 7) is 9.96. The maximum absolute atomic E-state index is 4.82. The van der Waals surface area contributed by atoms with Crippen LogP contribution < -0.4 is 15.5 Å². The quantitative estimate of drug-likeness (QED) is 0.379. The molecule has 0 radical (unpaired) electrons. The minimum Gasteiger partial charge on any atom is -0.357 e. The molecule has 0 amide bonds. The molecule has 0 unspecified atom stereocenters. The summed E-state index contributed by atoms with van der Waals surface area (Å²) in [5.74, 6) is 2.08. The Kier molecular flexibility index (Phi) is 9.57. The first-order valence-corrected chi connectivity index (χ1v) is 11.8. The lowest BCUT2D eigenvalue weighted by molar-refractivity contribution is 0.224. The van der Waals surface area contributed by atoms with E-state index in [1.807, 2.05) is 12.3 Å². The fraction of sp³-hybridized carbons (Fsp3) is 0.739. The van der Waals surface area contributed by atoms with Crippen LogP contribution in [0, 0.1) is 0 Å². The van der Waals surface area contributed by atoms with Crippen molar-refractivity contribution in [2.45, 2.75) is 64.3 Å². The third-order valence-electron chi connectivity index (χ3n) is 6.00. The van der Waals surface area contributed by atoms with Crippen molar-refractivity contribution in [3.63, 3.8) is 0 Å². The third-order valence-corrected chi connectivity index (χ3v) is 6.00. The van der Waals surface area contributed by atoms with Crippen molar-refractivity contribution in [3.8, 4) is 0 Å². The van der Waals surface area contributed by atoms with E-state index in [-0.39, 0.29) is 0 Å². The van der Waals surface area contributed by atoms with Crippen LogP contribution in [0.25, 0.3) is 0 Å². The zero-order chi connectivity index (χ0) is 20.2. The number of unbranched alkanes of at least 4 members (excludes halogenated alkanes) is 2. The largest absolute Gasteiger partial charge is 0.357 e. The number of pyridine rings is 1. The molecule has 0 atom stereocenters. The summed E-state index contributed by atoms with van der Waals surface area (Å²) in [6.07, 6.45) is 12.1. The maximum Gasteiger partial charge on any atom is 0.191 e. The van der Waals surface area contributed by atoms with Gasteiger partial charge in [0.1, 0.15) is 5.82 Å². The second kappa shape index (κ2) is 12.7. The average Bonchev–Trinajstić information content (AvgIpc) is 2.78. The Bertz CT molecular complexity index is 576. The second-order valence-corrected chi connectivity index (χ2v) is 8.32. The molecule has 0 aromatic carbocycles. The van der Waals surface area contributed by atoms with Gasteiger partial charge < -0.3 is 20.4 Å². The van der Waals surface area contributed by atoms with E-state index in [1.54, 1.807) is 0 Å². The summed E-state index contributed by atoms with van der Waals surface area (Å²) in [5, 5.41) is 7.08. The number of aromatic nitrogens is 1. The van der Waals surface area contributed by atoms with Crippen LogP contribution in [0.4, 0.5) is 5.82 Å². The molecule has 0 spiro atoms. The minimum absolute atomic E-state index is 0.492. The number of guanidine groups is 1. The number of piperidine rings is 2. The van der Waals surface area contributed by atoms with Gasteiger partial charge in [-0.2, -0.15) is 0 Å². The van der Waals surface area contributed by atoms with Gasteiger partial charge in [-0.25, -0.2) is 4.98 Å². The Balaban J connectivity index is 1.32. The van der Waals surface area contributed by atoms with Gasteiger partial charge in [-0.1, -0.05) is 18.9 Å². The van der Waals surface area contributed by atoms with Crippen molar-refractivity contribution >= 4 is 11.8 Å². The molecule has 3 heterocycles. The molecule has 29 heavy (non-hydrogen) atoms. The van der Waals surface area contributed by atoms with Crippen molar-refractivity contribution in [1.82, 2.24) is 20.5 Å². The van der Waals surface area contributed by atoms with Crippen molar-refractivity contribution in [3.05, 3.63) is 24.4 Å². The Morgan fingerprint density at radius 3 is 2.62 bits per heavy atom. The van der Waals surface area contributed by atoms with E-state index in [2.05, 4.69) is 44.5 Å². The van der Waals surface area contributed by atoms with Crippen LogP contribution in [-0.4, -0.2) is 67.7 Å². The molecule has 2 saturated heterocycles. The van der Waals surface area contributed by atoms with Crippen LogP contribution >= 0.6 is 0 Å². The van der Waals surface area contributed by atoms with Crippen molar-refractivity contribution in [2.75, 3.05) is 50.7 Å². The molecule has 0 saturated carbocycles. The van der Waals surface area contributed by atoms with Crippen molar-refractivity contribution in [1.29, 1.82) is 0 Å². The predicted octanol–water partition coefficient (Wildman–Crippen LogP) is 3.26. The standard InChI is InChI=1S/C23H40N6/c1-2-24-23(26-15-6-3-8-16-28-17-9-4-10-18-28)27-21-12-19-29(20-13-21)22-11-5-7-14-25-22/h5,7,11,14,21H,2-4,6,8-10,12-13,15-20H2,1H3,(H2,24,26,27). The topological polar surface area (TPSA) is 55.8 Å². The summed E-state index contributed by atoms with van der Waals surface area (Å²) >= 11 is 0. The lowest BCUT2D eigenvalue weighted by atomic mass is 10.1. The zero-order valence-electron chi connectivity index (χ0n) is 18.3. The molecule has 3 rings (SSSR count). The number of anilines is 1. The number of nitrogens with zero attached hydrogens (tertiary/aromatic N) is 4. The fourth-order valence-corrected chi connectivity index (χ4v) is 4.30. The van der Waals surface area contributed by atoms with Crippen molar-refractivity contribution in [2.24, 2.45) is 4.99 Å². The molecule has 2 fully saturated rings. The first kappa shape index (κ1) is 21.9. The van der Waals surface area contributed by atoms with Crippen molar-refractivity contribution < 1.29 is 0 Å². The molecular weight excluding hydrogens is 360 g/mol. The zero-order valence-corrected chi connectivity index (χ0v) is 18.3. The molecule has 6 heteroatoms. The van der Waals surface area contributed by atoms with Gasteiger partial charge in [0, 0.05) is 38.4 Å². The summed E-state index contributed by atoms with van der Waals surface area (Å²) in [5.41, 5.74) is 0. The van der Waals surface area contributed by atoms with Gasteiger partial charge in [-0.3, -0.25) is 4.99 Å². The number of aliphatic imine (C=N–C) groups is 1. The first-order valence-electron chi connectivity index (χ1n) is 11.8. The Morgan fingerprint density at radius 2 is 1.90 bits per heavy atom. The van der Waals surface area contributed by atoms with E-state index in [9.17, 15) is 0 Å². The highest BCUT2D eigenvalue weighted by atomic mass is 15.2. The lowest BCUT2D eigenvalue weighted by Crippen LogP contribution is -2.49. The highest BCUT2D eigenvalue weighted by Gasteiger charge is 2.20. The molecule has 2 aliphatic rings. The van der Waals surface area contributed by atoms with E-state index in [1.165, 1.54) is 58.2 Å². The molecule has 2 N–H and O–H groups in total. The summed E-state index contributed by atoms with van der Waals surface area (Å²) in [7, 11) is 0. The summed E-state index contributed by atoms with van der Waals surface area (Å²) in [4.78, 5) is 14.3. The Morgan fingerprint density at radius 1 is 1.07 bits per heavy atom. The van der Waals surface area contributed by atoms with Crippen LogP contribution in [0.5, 0.6) is 0 Å². The van der Waals surface area contributed by atoms with Gasteiger partial charge in [0.25, 0.3) is 0 Å². The van der Waals surface area contributed by atoms with Crippen LogP contribution in [0.1, 0.15) is 58.3 Å². The van der Waals surface area contributed by atoms with E-state index in [0.29, 0.717) is 6.04 Å².